The number of nitrogen functional groups attached to an aromatic ring is 1. The second-order valence-corrected chi connectivity index (χ2v) is 5.26. The van der Waals surface area contributed by atoms with Crippen molar-refractivity contribution in [1.29, 1.82) is 5.26 Å². The Balaban J connectivity index is 2.22. The molecule has 5 nitrogen and oxygen atoms in total. The third kappa shape index (κ3) is 2.70. The molecule has 0 radical (unpaired) electrons. The van der Waals surface area contributed by atoms with Crippen LogP contribution in [-0.4, -0.2) is 10.1 Å². The van der Waals surface area contributed by atoms with E-state index in [9.17, 15) is 14.8 Å². The van der Waals surface area contributed by atoms with E-state index >= 15 is 0 Å². The number of pyridine rings is 1. The van der Waals surface area contributed by atoms with Crippen molar-refractivity contribution in [3.63, 3.8) is 0 Å². The zero-order chi connectivity index (χ0) is 16.6. The second kappa shape index (κ2) is 5.63. The first kappa shape index (κ1) is 14.9. The Labute approximate surface area is 135 Å². The number of halogens is 2. The maximum absolute atomic E-state index is 13.3. The lowest BCUT2D eigenvalue weighted by atomic mass is 10.1. The highest BCUT2D eigenvalue weighted by atomic mass is 35.5. The van der Waals surface area contributed by atoms with Crippen molar-refractivity contribution in [2.75, 3.05) is 11.1 Å². The van der Waals surface area contributed by atoms with Crippen LogP contribution >= 0.6 is 11.6 Å². The minimum absolute atomic E-state index is 0.0470. The Kier molecular flexibility index (Phi) is 3.64. The van der Waals surface area contributed by atoms with Gasteiger partial charge in [-0.1, -0.05) is 11.6 Å². The van der Waals surface area contributed by atoms with Gasteiger partial charge < -0.3 is 16.2 Å². The van der Waals surface area contributed by atoms with E-state index in [0.717, 1.165) is 0 Å². The maximum atomic E-state index is 13.3. The number of phenols is 1. The van der Waals surface area contributed by atoms with Crippen LogP contribution in [0, 0.1) is 17.1 Å². The van der Waals surface area contributed by atoms with Gasteiger partial charge in [-0.2, -0.15) is 5.26 Å². The molecule has 4 N–H and O–H groups in total. The SMILES string of the molecule is N#Cc1cnc2c(O)cc(N)cc2c1Nc1ccc(F)c(Cl)c1. The van der Waals surface area contributed by atoms with Gasteiger partial charge in [-0.25, -0.2) is 4.39 Å². The predicted molar refractivity (Wildman–Crippen MR) is 87.2 cm³/mol. The number of hydrogen-bond acceptors (Lipinski definition) is 5. The number of aromatic hydroxyl groups is 1. The van der Waals surface area contributed by atoms with E-state index in [2.05, 4.69) is 10.3 Å². The summed E-state index contributed by atoms with van der Waals surface area (Å²) in [5.74, 6) is -0.635. The average molecular weight is 329 g/mol. The van der Waals surface area contributed by atoms with Gasteiger partial charge in [0.1, 0.15) is 23.2 Å². The van der Waals surface area contributed by atoms with Crippen molar-refractivity contribution in [2.24, 2.45) is 0 Å². The van der Waals surface area contributed by atoms with Gasteiger partial charge in [0.2, 0.25) is 0 Å². The molecule has 0 fully saturated rings. The Hall–Kier alpha value is -3.04. The third-order valence-corrected chi connectivity index (χ3v) is 3.57. The zero-order valence-corrected chi connectivity index (χ0v) is 12.4. The summed E-state index contributed by atoms with van der Waals surface area (Å²) < 4.78 is 13.3. The first-order valence-electron chi connectivity index (χ1n) is 6.53. The van der Waals surface area contributed by atoms with E-state index in [0.29, 0.717) is 28.0 Å². The summed E-state index contributed by atoms with van der Waals surface area (Å²) in [5, 5.41) is 22.7. The number of nitriles is 1. The summed E-state index contributed by atoms with van der Waals surface area (Å²) >= 11 is 5.77. The molecule has 0 aliphatic rings. The van der Waals surface area contributed by atoms with Crippen molar-refractivity contribution >= 4 is 39.6 Å². The van der Waals surface area contributed by atoms with Gasteiger partial charge in [0.05, 0.1) is 16.3 Å². The van der Waals surface area contributed by atoms with Crippen LogP contribution in [0.25, 0.3) is 10.9 Å². The number of hydrogen-bond donors (Lipinski definition) is 3. The number of phenolic OH excluding ortho intramolecular Hbond substituents is 1. The van der Waals surface area contributed by atoms with E-state index in [1.165, 1.54) is 30.5 Å². The van der Waals surface area contributed by atoms with E-state index in [-0.39, 0.29) is 16.3 Å². The minimum Gasteiger partial charge on any atom is -0.506 e. The molecule has 0 saturated carbocycles. The fourth-order valence-electron chi connectivity index (χ4n) is 2.24. The highest BCUT2D eigenvalue weighted by Gasteiger charge is 2.13. The minimum atomic E-state index is -0.542. The van der Waals surface area contributed by atoms with Crippen LogP contribution in [-0.2, 0) is 0 Å². The number of aromatic nitrogens is 1. The molecule has 0 atom stereocenters. The molecular formula is C16H10ClFN4O. The molecule has 0 unspecified atom stereocenters. The van der Waals surface area contributed by atoms with Crippen LogP contribution in [0.3, 0.4) is 0 Å². The summed E-state index contributed by atoms with van der Waals surface area (Å²) in [6.07, 6.45) is 1.34. The van der Waals surface area contributed by atoms with E-state index in [4.69, 9.17) is 17.3 Å². The Bertz CT molecular complexity index is 968. The molecule has 3 aromatic rings. The summed E-state index contributed by atoms with van der Waals surface area (Å²) in [7, 11) is 0. The van der Waals surface area contributed by atoms with Gasteiger partial charge in [0, 0.05) is 29.0 Å². The van der Waals surface area contributed by atoms with Crippen molar-refractivity contribution in [2.45, 2.75) is 0 Å². The molecule has 0 aliphatic carbocycles. The van der Waals surface area contributed by atoms with Crippen LogP contribution in [0.5, 0.6) is 5.75 Å². The lowest BCUT2D eigenvalue weighted by molar-refractivity contribution is 0.480. The van der Waals surface area contributed by atoms with Crippen molar-refractivity contribution in [3.8, 4) is 11.8 Å². The molecule has 23 heavy (non-hydrogen) atoms. The lowest BCUT2D eigenvalue weighted by Gasteiger charge is -2.13. The smallest absolute Gasteiger partial charge is 0.143 e. The molecule has 114 valence electrons. The summed E-state index contributed by atoms with van der Waals surface area (Å²) in [4.78, 5) is 4.07. The van der Waals surface area contributed by atoms with Crippen LogP contribution in [0.15, 0.2) is 36.5 Å². The maximum Gasteiger partial charge on any atom is 0.143 e. The topological polar surface area (TPSA) is 95.0 Å². The van der Waals surface area contributed by atoms with E-state index in [1.807, 2.05) is 6.07 Å². The Morgan fingerprint density at radius 1 is 1.30 bits per heavy atom. The molecule has 0 saturated heterocycles. The molecule has 0 bridgehead atoms. The number of nitrogens with one attached hydrogen (secondary N) is 1. The van der Waals surface area contributed by atoms with Crippen molar-refractivity contribution < 1.29 is 9.50 Å². The number of nitrogens with two attached hydrogens (primary N) is 1. The molecule has 0 spiro atoms. The number of benzene rings is 2. The quantitative estimate of drug-likeness (QED) is 0.619. The van der Waals surface area contributed by atoms with Gasteiger partial charge in [-0.15, -0.1) is 0 Å². The highest BCUT2D eigenvalue weighted by Crippen LogP contribution is 2.35. The van der Waals surface area contributed by atoms with Gasteiger partial charge in [-0.3, -0.25) is 4.98 Å². The van der Waals surface area contributed by atoms with Crippen LogP contribution < -0.4 is 11.1 Å². The normalized spacial score (nSPS) is 10.5. The van der Waals surface area contributed by atoms with Gasteiger partial charge in [0.15, 0.2) is 0 Å². The number of anilines is 3. The number of rotatable bonds is 2. The molecule has 0 amide bonds. The molecule has 0 aliphatic heterocycles. The number of fused-ring (bicyclic) bond motifs is 1. The van der Waals surface area contributed by atoms with Crippen LogP contribution in [0.2, 0.25) is 5.02 Å². The first-order valence-corrected chi connectivity index (χ1v) is 6.91. The lowest BCUT2D eigenvalue weighted by Crippen LogP contribution is -1.98. The zero-order valence-electron chi connectivity index (χ0n) is 11.6. The average Bonchev–Trinajstić information content (AvgIpc) is 2.51. The van der Waals surface area contributed by atoms with Crippen LogP contribution in [0.4, 0.5) is 21.5 Å². The Morgan fingerprint density at radius 2 is 2.09 bits per heavy atom. The molecule has 1 heterocycles. The third-order valence-electron chi connectivity index (χ3n) is 3.28. The number of nitrogens with zero attached hydrogens (tertiary/aromatic N) is 2. The van der Waals surface area contributed by atoms with Crippen molar-refractivity contribution in [3.05, 3.63) is 52.9 Å². The molecular weight excluding hydrogens is 319 g/mol. The largest absolute Gasteiger partial charge is 0.506 e. The standard InChI is InChI=1S/C16H10ClFN4O/c17-12-5-10(1-2-13(12)18)22-15-8(6-19)7-21-16-11(15)3-9(20)4-14(16)23/h1-5,7,23H,20H2,(H,21,22). The molecule has 2 aromatic carbocycles. The van der Waals surface area contributed by atoms with Crippen molar-refractivity contribution in [1.82, 2.24) is 4.98 Å². The van der Waals surface area contributed by atoms with Gasteiger partial charge >= 0.3 is 0 Å². The van der Waals surface area contributed by atoms with Gasteiger partial charge in [-0.05, 0) is 24.3 Å². The fourth-order valence-corrected chi connectivity index (χ4v) is 2.42. The fraction of sp³-hybridized carbons (Fsp3) is 0. The van der Waals surface area contributed by atoms with Crippen LogP contribution in [0.1, 0.15) is 5.56 Å². The summed E-state index contributed by atoms with van der Waals surface area (Å²) in [6.45, 7) is 0. The highest BCUT2D eigenvalue weighted by molar-refractivity contribution is 6.31. The summed E-state index contributed by atoms with van der Waals surface area (Å²) in [5.41, 5.74) is 7.53. The molecule has 3 rings (SSSR count). The van der Waals surface area contributed by atoms with E-state index < -0.39 is 5.82 Å². The first-order chi connectivity index (χ1) is 11.0. The van der Waals surface area contributed by atoms with Gasteiger partial charge in [0.25, 0.3) is 0 Å². The van der Waals surface area contributed by atoms with E-state index in [1.54, 1.807) is 6.07 Å². The summed E-state index contributed by atoms with van der Waals surface area (Å²) in [6, 6.07) is 9.09. The molecule has 1 aromatic heterocycles. The predicted octanol–water partition coefficient (Wildman–Crippen LogP) is 3.93. The molecule has 7 heteroatoms. The monoisotopic (exact) mass is 328 g/mol. The second-order valence-electron chi connectivity index (χ2n) is 4.85. The Morgan fingerprint density at radius 3 is 2.78 bits per heavy atom.